The quantitative estimate of drug-likeness (QED) is 0.575. The Morgan fingerprint density at radius 1 is 0.857 bits per heavy atom. The van der Waals surface area contributed by atoms with Crippen molar-refractivity contribution in [2.75, 3.05) is 0 Å². The van der Waals surface area contributed by atoms with Crippen molar-refractivity contribution in [2.24, 2.45) is 0 Å². The van der Waals surface area contributed by atoms with Gasteiger partial charge in [0, 0.05) is 16.0 Å². The first kappa shape index (κ1) is 14.1. The molecule has 0 aliphatic heterocycles. The zero-order valence-corrected chi connectivity index (χ0v) is 13.5. The maximum Gasteiger partial charge on any atom is 0.132 e. The van der Waals surface area contributed by atoms with Crippen LogP contribution in [-0.2, 0) is 5.41 Å². The van der Waals surface area contributed by atoms with Crippen molar-refractivity contribution in [1.82, 2.24) is 0 Å². The topological polar surface area (TPSA) is 20.2 Å². The van der Waals surface area contributed by atoms with E-state index in [1.165, 1.54) is 5.12 Å². The van der Waals surface area contributed by atoms with Crippen molar-refractivity contribution < 1.29 is 5.11 Å². The molecule has 1 nitrogen and oxygen atoms in total. The Morgan fingerprint density at radius 2 is 1.48 bits per heavy atom. The SMILES string of the molecule is CC(C)(C)c1pc2ccccc2c(-c2ccccc2)c1O. The van der Waals surface area contributed by atoms with Gasteiger partial charge in [0.25, 0.3) is 0 Å². The molecule has 0 spiro atoms. The van der Waals surface area contributed by atoms with Crippen LogP contribution in [0, 0.1) is 0 Å². The monoisotopic (exact) mass is 294 g/mol. The van der Waals surface area contributed by atoms with Gasteiger partial charge in [-0.05, 0) is 22.4 Å². The van der Waals surface area contributed by atoms with Crippen LogP contribution in [0.15, 0.2) is 54.6 Å². The molecular weight excluding hydrogens is 275 g/mol. The molecule has 0 saturated carbocycles. The number of rotatable bonds is 1. The summed E-state index contributed by atoms with van der Waals surface area (Å²) < 4.78 is 0. The lowest BCUT2D eigenvalue weighted by Crippen LogP contribution is -2.09. The summed E-state index contributed by atoms with van der Waals surface area (Å²) >= 11 is 0. The fraction of sp³-hybridized carbons (Fsp3) is 0.211. The van der Waals surface area contributed by atoms with Crippen molar-refractivity contribution in [1.29, 1.82) is 0 Å². The summed E-state index contributed by atoms with van der Waals surface area (Å²) in [5.41, 5.74) is 1.97. The van der Waals surface area contributed by atoms with Gasteiger partial charge in [-0.25, -0.2) is 0 Å². The van der Waals surface area contributed by atoms with E-state index in [9.17, 15) is 5.11 Å². The lowest BCUT2D eigenvalue weighted by molar-refractivity contribution is 0.455. The molecule has 21 heavy (non-hydrogen) atoms. The molecule has 0 bridgehead atoms. The third-order valence-corrected chi connectivity index (χ3v) is 5.38. The van der Waals surface area contributed by atoms with Gasteiger partial charge in [0.2, 0.25) is 0 Å². The highest BCUT2D eigenvalue weighted by Crippen LogP contribution is 2.48. The molecule has 0 aliphatic carbocycles. The van der Waals surface area contributed by atoms with Crippen LogP contribution in [0.3, 0.4) is 0 Å². The predicted octanol–water partition coefficient (Wildman–Crippen LogP) is 6.09. The van der Waals surface area contributed by atoms with Crippen LogP contribution in [0.1, 0.15) is 26.1 Å². The Hall–Kier alpha value is -1.85. The summed E-state index contributed by atoms with van der Waals surface area (Å²) in [7, 11) is 1.11. The van der Waals surface area contributed by atoms with E-state index in [4.69, 9.17) is 0 Å². The summed E-state index contributed by atoms with van der Waals surface area (Å²) in [4.78, 5) is 0. The average Bonchev–Trinajstić information content (AvgIpc) is 2.46. The second-order valence-electron chi connectivity index (χ2n) is 6.32. The standard InChI is InChI=1S/C19H19OP/c1-19(2,3)18-17(20)16(13-9-5-4-6-10-13)14-11-7-8-12-15(14)21-18/h4-12,20H,1-3H3. The first-order chi connectivity index (χ1) is 9.98. The third kappa shape index (κ3) is 2.54. The molecule has 0 unspecified atom stereocenters. The number of hydrogen-bond donors (Lipinski definition) is 1. The Bertz CT molecular complexity index is 786. The second-order valence-corrected chi connectivity index (χ2v) is 7.47. The summed E-state index contributed by atoms with van der Waals surface area (Å²) in [6.45, 7) is 6.46. The minimum atomic E-state index is -0.0563. The molecule has 0 amide bonds. The molecule has 0 aliphatic rings. The van der Waals surface area contributed by atoms with Crippen LogP contribution in [0.5, 0.6) is 5.75 Å². The van der Waals surface area contributed by atoms with Crippen molar-refractivity contribution >= 4 is 18.7 Å². The van der Waals surface area contributed by atoms with Gasteiger partial charge in [0.05, 0.1) is 0 Å². The van der Waals surface area contributed by atoms with E-state index in [1.54, 1.807) is 0 Å². The molecule has 3 rings (SSSR count). The number of fused-ring (bicyclic) bond motifs is 1. The Kier molecular flexibility index (Phi) is 3.47. The van der Waals surface area contributed by atoms with Gasteiger partial charge in [-0.3, -0.25) is 0 Å². The summed E-state index contributed by atoms with van der Waals surface area (Å²) in [5, 5.41) is 14.4. The van der Waals surface area contributed by atoms with Gasteiger partial charge in [0.15, 0.2) is 0 Å². The van der Waals surface area contributed by atoms with Crippen LogP contribution >= 0.6 is 8.19 Å². The fourth-order valence-corrected chi connectivity index (χ4v) is 3.88. The molecular formula is C19H19OP. The maximum atomic E-state index is 10.9. The van der Waals surface area contributed by atoms with Gasteiger partial charge in [-0.2, -0.15) is 0 Å². The lowest BCUT2D eigenvalue weighted by Gasteiger charge is -2.23. The fourth-order valence-electron chi connectivity index (χ4n) is 2.62. The van der Waals surface area contributed by atoms with E-state index in [2.05, 4.69) is 51.1 Å². The smallest absolute Gasteiger partial charge is 0.132 e. The first-order valence-corrected chi connectivity index (χ1v) is 8.05. The third-order valence-electron chi connectivity index (χ3n) is 3.64. The molecule has 0 radical (unpaired) electrons. The molecule has 2 aromatic carbocycles. The zero-order chi connectivity index (χ0) is 15.0. The van der Waals surface area contributed by atoms with Crippen LogP contribution in [-0.4, -0.2) is 5.11 Å². The molecule has 0 saturated heterocycles. The normalized spacial score (nSPS) is 12.1. The summed E-state index contributed by atoms with van der Waals surface area (Å²) in [6.07, 6.45) is 0. The number of benzene rings is 2. The minimum Gasteiger partial charge on any atom is -0.507 e. The zero-order valence-electron chi connectivity index (χ0n) is 12.6. The lowest BCUT2D eigenvalue weighted by atomic mass is 9.91. The highest BCUT2D eigenvalue weighted by atomic mass is 31.0. The van der Waals surface area contributed by atoms with Crippen LogP contribution in [0.25, 0.3) is 21.6 Å². The summed E-state index contributed by atoms with van der Waals surface area (Å²) in [5.74, 6) is 0.439. The Balaban J connectivity index is 2.43. The predicted molar refractivity (Wildman–Crippen MR) is 92.3 cm³/mol. The molecule has 0 atom stereocenters. The van der Waals surface area contributed by atoms with Crippen LogP contribution in [0.2, 0.25) is 0 Å². The van der Waals surface area contributed by atoms with Gasteiger partial charge in [-0.1, -0.05) is 77.5 Å². The second kappa shape index (κ2) is 5.16. The molecule has 106 valence electrons. The van der Waals surface area contributed by atoms with E-state index in [0.717, 1.165) is 30.0 Å². The Morgan fingerprint density at radius 3 is 2.14 bits per heavy atom. The molecule has 0 fully saturated rings. The average molecular weight is 294 g/mol. The number of hydrogen-bond acceptors (Lipinski definition) is 1. The van der Waals surface area contributed by atoms with Gasteiger partial charge in [0.1, 0.15) is 5.75 Å². The van der Waals surface area contributed by atoms with E-state index in [1.807, 2.05) is 24.3 Å². The minimum absolute atomic E-state index is 0.0563. The van der Waals surface area contributed by atoms with Crippen molar-refractivity contribution in [3.8, 4) is 16.9 Å². The van der Waals surface area contributed by atoms with Gasteiger partial charge < -0.3 is 5.11 Å². The number of aromatic hydroxyl groups is 1. The molecule has 2 heteroatoms. The summed E-state index contributed by atoms with van der Waals surface area (Å²) in [6, 6.07) is 18.5. The maximum absolute atomic E-state index is 10.9. The first-order valence-electron chi connectivity index (χ1n) is 7.16. The van der Waals surface area contributed by atoms with Crippen molar-refractivity contribution in [3.05, 3.63) is 59.9 Å². The van der Waals surface area contributed by atoms with Gasteiger partial charge in [-0.15, -0.1) is 0 Å². The van der Waals surface area contributed by atoms with E-state index >= 15 is 0 Å². The Labute approximate surface area is 127 Å². The van der Waals surface area contributed by atoms with Crippen molar-refractivity contribution in [2.45, 2.75) is 26.2 Å². The van der Waals surface area contributed by atoms with E-state index in [0.29, 0.717) is 5.75 Å². The highest BCUT2D eigenvalue weighted by Gasteiger charge is 2.23. The van der Waals surface area contributed by atoms with Gasteiger partial charge >= 0.3 is 0 Å². The van der Waals surface area contributed by atoms with Crippen molar-refractivity contribution in [3.63, 3.8) is 0 Å². The largest absolute Gasteiger partial charge is 0.507 e. The molecule has 1 heterocycles. The van der Waals surface area contributed by atoms with E-state index in [-0.39, 0.29) is 5.41 Å². The molecule has 1 aromatic heterocycles. The van der Waals surface area contributed by atoms with Crippen LogP contribution < -0.4 is 0 Å². The van der Waals surface area contributed by atoms with Crippen LogP contribution in [0.4, 0.5) is 0 Å². The molecule has 3 aromatic rings. The van der Waals surface area contributed by atoms with E-state index < -0.39 is 0 Å². The highest BCUT2D eigenvalue weighted by molar-refractivity contribution is 7.38. The molecule has 1 N–H and O–H groups in total.